The second-order valence-electron chi connectivity index (χ2n) is 6.15. The number of hydrogen-bond acceptors (Lipinski definition) is 6. The standard InChI is InChI=1S/C15H23N5O.C2HF3O2/c1-4-5-6-7-15(21)20(11-12(2)3)19-13-8-9-17-14(10-16)18-13;3-2(4,5)1(6)7/h8-9,12H,4-7,11H2,1-3H3,(H,17,18,19);(H,6,7). The Morgan fingerprint density at radius 3 is 2.43 bits per heavy atom. The van der Waals surface area contributed by atoms with Gasteiger partial charge in [0.2, 0.25) is 11.7 Å². The molecule has 8 nitrogen and oxygen atoms in total. The highest BCUT2D eigenvalue weighted by atomic mass is 19.4. The normalized spacial score (nSPS) is 10.5. The van der Waals surface area contributed by atoms with Crippen molar-refractivity contribution in [1.82, 2.24) is 15.0 Å². The number of alkyl halides is 3. The minimum absolute atomic E-state index is 0.0502. The highest BCUT2D eigenvalue weighted by molar-refractivity contribution is 5.77. The number of nitrogens with one attached hydrogen (secondary N) is 1. The van der Waals surface area contributed by atoms with E-state index in [1.807, 2.05) is 6.07 Å². The summed E-state index contributed by atoms with van der Waals surface area (Å²) in [6.07, 6.45) is -0.0404. The predicted octanol–water partition coefficient (Wildman–Crippen LogP) is 3.37. The fourth-order valence-electron chi connectivity index (χ4n) is 1.85. The highest BCUT2D eigenvalue weighted by Gasteiger charge is 2.38. The van der Waals surface area contributed by atoms with Gasteiger partial charge in [0, 0.05) is 25.2 Å². The van der Waals surface area contributed by atoms with Gasteiger partial charge in [0.1, 0.15) is 11.9 Å². The molecule has 0 fully saturated rings. The van der Waals surface area contributed by atoms with Crippen LogP contribution in [-0.2, 0) is 9.59 Å². The Morgan fingerprint density at radius 1 is 1.36 bits per heavy atom. The summed E-state index contributed by atoms with van der Waals surface area (Å²) in [6.45, 7) is 6.80. The lowest BCUT2D eigenvalue weighted by molar-refractivity contribution is -0.192. The molecule has 0 aliphatic rings. The van der Waals surface area contributed by atoms with Gasteiger partial charge in [-0.15, -0.1) is 0 Å². The molecule has 0 radical (unpaired) electrons. The number of amides is 1. The molecule has 0 spiro atoms. The molecule has 0 saturated heterocycles. The first-order valence-electron chi connectivity index (χ1n) is 8.61. The second-order valence-corrected chi connectivity index (χ2v) is 6.15. The van der Waals surface area contributed by atoms with Crippen LogP contribution in [-0.4, -0.2) is 44.7 Å². The number of rotatable bonds is 8. The molecule has 0 bridgehead atoms. The number of aromatic nitrogens is 2. The van der Waals surface area contributed by atoms with Crippen LogP contribution in [0.1, 0.15) is 52.3 Å². The smallest absolute Gasteiger partial charge is 0.475 e. The highest BCUT2D eigenvalue weighted by Crippen LogP contribution is 2.13. The number of halogens is 3. The molecular weight excluding hydrogens is 379 g/mol. The quantitative estimate of drug-likeness (QED) is 0.504. The van der Waals surface area contributed by atoms with E-state index in [0.717, 1.165) is 19.3 Å². The lowest BCUT2D eigenvalue weighted by Gasteiger charge is -2.25. The first kappa shape index (κ1) is 25.1. The Hall–Kier alpha value is -2.90. The first-order chi connectivity index (χ1) is 13.0. The molecule has 1 aromatic rings. The van der Waals surface area contributed by atoms with Gasteiger partial charge in [0.25, 0.3) is 0 Å². The molecule has 0 aromatic carbocycles. The van der Waals surface area contributed by atoms with E-state index in [2.05, 4.69) is 36.2 Å². The Balaban J connectivity index is 0.000000887. The SMILES string of the molecule is CCCCCC(=O)N(CC(C)C)Nc1ccnc(C#N)n1.O=C(O)C(F)(F)F. The van der Waals surface area contributed by atoms with Crippen molar-refractivity contribution in [2.45, 2.75) is 52.6 Å². The predicted molar refractivity (Wildman–Crippen MR) is 94.8 cm³/mol. The van der Waals surface area contributed by atoms with Crippen LogP contribution in [0, 0.1) is 17.2 Å². The molecule has 156 valence electrons. The van der Waals surface area contributed by atoms with Gasteiger partial charge in [0.05, 0.1) is 0 Å². The van der Waals surface area contributed by atoms with Crippen LogP contribution in [0.4, 0.5) is 19.0 Å². The largest absolute Gasteiger partial charge is 0.490 e. The van der Waals surface area contributed by atoms with E-state index in [4.69, 9.17) is 15.2 Å². The van der Waals surface area contributed by atoms with Crippen molar-refractivity contribution in [3.05, 3.63) is 18.1 Å². The summed E-state index contributed by atoms with van der Waals surface area (Å²) in [4.78, 5) is 29.0. The lowest BCUT2D eigenvalue weighted by atomic mass is 10.2. The number of nitrogens with zero attached hydrogens (tertiary/aromatic N) is 4. The molecule has 0 aliphatic heterocycles. The number of carbonyl (C=O) groups is 2. The number of carboxylic acids is 1. The van der Waals surface area contributed by atoms with Gasteiger partial charge in [-0.25, -0.2) is 14.8 Å². The number of aliphatic carboxylic acids is 1. The summed E-state index contributed by atoms with van der Waals surface area (Å²) >= 11 is 0. The van der Waals surface area contributed by atoms with E-state index >= 15 is 0 Å². The van der Waals surface area contributed by atoms with Crippen molar-refractivity contribution in [3.63, 3.8) is 0 Å². The minimum atomic E-state index is -5.08. The van der Waals surface area contributed by atoms with Crippen molar-refractivity contribution in [3.8, 4) is 6.07 Å². The van der Waals surface area contributed by atoms with Gasteiger partial charge >= 0.3 is 12.1 Å². The van der Waals surface area contributed by atoms with E-state index in [9.17, 15) is 18.0 Å². The van der Waals surface area contributed by atoms with Crippen LogP contribution in [0.15, 0.2) is 12.3 Å². The number of carboxylic acid groups (broad SMARTS) is 1. The number of unbranched alkanes of at least 4 members (excludes halogenated alkanes) is 2. The molecule has 0 unspecified atom stereocenters. The number of carbonyl (C=O) groups excluding carboxylic acids is 1. The fourth-order valence-corrected chi connectivity index (χ4v) is 1.85. The lowest BCUT2D eigenvalue weighted by Crippen LogP contribution is -2.39. The van der Waals surface area contributed by atoms with Crippen LogP contribution in [0.5, 0.6) is 0 Å². The number of nitriles is 1. The van der Waals surface area contributed by atoms with Gasteiger partial charge in [-0.2, -0.15) is 18.4 Å². The van der Waals surface area contributed by atoms with E-state index in [-0.39, 0.29) is 11.7 Å². The van der Waals surface area contributed by atoms with E-state index in [1.54, 1.807) is 11.1 Å². The average molecular weight is 403 g/mol. The zero-order valence-electron chi connectivity index (χ0n) is 16.0. The van der Waals surface area contributed by atoms with Crippen molar-refractivity contribution in [2.24, 2.45) is 5.92 Å². The van der Waals surface area contributed by atoms with Crippen LogP contribution < -0.4 is 5.43 Å². The van der Waals surface area contributed by atoms with Crippen molar-refractivity contribution >= 4 is 17.7 Å². The van der Waals surface area contributed by atoms with E-state index in [1.165, 1.54) is 6.20 Å². The summed E-state index contributed by atoms with van der Waals surface area (Å²) < 4.78 is 31.7. The molecular formula is C17H24F3N5O3. The van der Waals surface area contributed by atoms with Crippen LogP contribution in [0.3, 0.4) is 0 Å². The maximum Gasteiger partial charge on any atom is 0.490 e. The Labute approximate surface area is 161 Å². The molecule has 11 heteroatoms. The molecule has 28 heavy (non-hydrogen) atoms. The fraction of sp³-hybridized carbons (Fsp3) is 0.588. The van der Waals surface area contributed by atoms with Crippen LogP contribution in [0.25, 0.3) is 0 Å². The maximum absolute atomic E-state index is 12.3. The third-order valence-electron chi connectivity index (χ3n) is 3.09. The summed E-state index contributed by atoms with van der Waals surface area (Å²) in [6, 6.07) is 3.53. The van der Waals surface area contributed by atoms with Gasteiger partial charge in [-0.05, 0) is 12.3 Å². The second kappa shape index (κ2) is 12.5. The summed E-state index contributed by atoms with van der Waals surface area (Å²) in [5.41, 5.74) is 2.99. The summed E-state index contributed by atoms with van der Waals surface area (Å²) in [7, 11) is 0. The number of hydrogen-bond donors (Lipinski definition) is 2. The van der Waals surface area contributed by atoms with Crippen LogP contribution in [0.2, 0.25) is 0 Å². The van der Waals surface area contributed by atoms with Gasteiger partial charge in [-0.3, -0.25) is 15.2 Å². The summed E-state index contributed by atoms with van der Waals surface area (Å²) in [5, 5.41) is 17.5. The van der Waals surface area contributed by atoms with Crippen LogP contribution >= 0.6 is 0 Å². The van der Waals surface area contributed by atoms with Crippen molar-refractivity contribution < 1.29 is 27.9 Å². The molecule has 0 atom stereocenters. The van der Waals surface area contributed by atoms with E-state index in [0.29, 0.717) is 24.7 Å². The molecule has 2 N–H and O–H groups in total. The monoisotopic (exact) mass is 403 g/mol. The molecule has 1 heterocycles. The average Bonchev–Trinajstić information content (AvgIpc) is 2.60. The third kappa shape index (κ3) is 10.9. The Kier molecular flexibility index (Phi) is 11.2. The Bertz CT molecular complexity index is 675. The first-order valence-corrected chi connectivity index (χ1v) is 8.61. The molecule has 1 rings (SSSR count). The number of anilines is 1. The maximum atomic E-state index is 12.3. The Morgan fingerprint density at radius 2 is 1.96 bits per heavy atom. The minimum Gasteiger partial charge on any atom is -0.475 e. The molecule has 0 saturated carbocycles. The number of hydrazine groups is 1. The van der Waals surface area contributed by atoms with Gasteiger partial charge in [0.15, 0.2) is 0 Å². The summed E-state index contributed by atoms with van der Waals surface area (Å²) in [5.74, 6) is -1.82. The van der Waals surface area contributed by atoms with Gasteiger partial charge < -0.3 is 5.11 Å². The molecule has 1 amide bonds. The third-order valence-corrected chi connectivity index (χ3v) is 3.09. The topological polar surface area (TPSA) is 119 Å². The zero-order chi connectivity index (χ0) is 21.7. The van der Waals surface area contributed by atoms with Crippen molar-refractivity contribution in [2.75, 3.05) is 12.0 Å². The zero-order valence-corrected chi connectivity index (χ0v) is 16.0. The van der Waals surface area contributed by atoms with Gasteiger partial charge in [-0.1, -0.05) is 33.6 Å². The van der Waals surface area contributed by atoms with E-state index < -0.39 is 12.1 Å². The molecule has 1 aromatic heterocycles. The molecule has 0 aliphatic carbocycles. The van der Waals surface area contributed by atoms with Crippen molar-refractivity contribution in [1.29, 1.82) is 5.26 Å².